The SMILES string of the molecule is NC(=O)COc1ccc(Sc2ccc(Sc3ncn[nH]3)nc2C(=O)Nc2nccs2)cc1. The number of pyridine rings is 1. The van der Waals surface area contributed by atoms with Gasteiger partial charge in [-0.25, -0.2) is 15.0 Å². The lowest BCUT2D eigenvalue weighted by Gasteiger charge is -2.10. The maximum absolute atomic E-state index is 13.0. The number of hydrogen-bond acceptors (Lipinski definition) is 10. The summed E-state index contributed by atoms with van der Waals surface area (Å²) in [6, 6.07) is 10.7. The van der Waals surface area contributed by atoms with Crippen molar-refractivity contribution in [2.24, 2.45) is 5.73 Å². The van der Waals surface area contributed by atoms with Gasteiger partial charge in [-0.05, 0) is 48.2 Å². The summed E-state index contributed by atoms with van der Waals surface area (Å²) in [4.78, 5) is 38.0. The number of H-pyrrole nitrogens is 1. The van der Waals surface area contributed by atoms with Crippen molar-refractivity contribution in [3.05, 3.63) is 60.0 Å². The van der Waals surface area contributed by atoms with Crippen LogP contribution in [0.15, 0.2) is 74.3 Å². The Balaban J connectivity index is 1.56. The number of carbonyl (C=O) groups is 2. The Bertz CT molecular complexity index is 1200. The summed E-state index contributed by atoms with van der Waals surface area (Å²) in [5.74, 6) is -0.399. The van der Waals surface area contributed by atoms with Crippen LogP contribution in [0.5, 0.6) is 5.75 Å². The van der Waals surface area contributed by atoms with E-state index in [-0.39, 0.29) is 18.2 Å². The zero-order valence-corrected chi connectivity index (χ0v) is 18.7. The van der Waals surface area contributed by atoms with Gasteiger partial charge >= 0.3 is 0 Å². The molecule has 4 N–H and O–H groups in total. The van der Waals surface area contributed by atoms with Gasteiger partial charge in [-0.1, -0.05) is 11.8 Å². The van der Waals surface area contributed by atoms with E-state index in [0.29, 0.717) is 26.0 Å². The minimum atomic E-state index is -0.548. The van der Waals surface area contributed by atoms with Crippen LogP contribution < -0.4 is 15.8 Å². The topological polar surface area (TPSA) is 149 Å². The number of primary amides is 1. The third kappa shape index (κ3) is 5.84. The van der Waals surface area contributed by atoms with E-state index in [1.54, 1.807) is 29.8 Å². The van der Waals surface area contributed by atoms with Gasteiger partial charge in [-0.15, -0.1) is 11.3 Å². The highest BCUT2D eigenvalue weighted by molar-refractivity contribution is 7.99. The summed E-state index contributed by atoms with van der Waals surface area (Å²) in [6.07, 6.45) is 3.01. The van der Waals surface area contributed by atoms with E-state index in [1.807, 2.05) is 18.2 Å². The van der Waals surface area contributed by atoms with E-state index in [4.69, 9.17) is 10.5 Å². The summed E-state index contributed by atoms with van der Waals surface area (Å²) < 4.78 is 5.28. The Kier molecular flexibility index (Phi) is 6.99. The van der Waals surface area contributed by atoms with Crippen molar-refractivity contribution in [3.63, 3.8) is 0 Å². The Morgan fingerprint density at radius 3 is 2.66 bits per heavy atom. The Labute approximate surface area is 194 Å². The van der Waals surface area contributed by atoms with E-state index in [9.17, 15) is 9.59 Å². The Hall–Kier alpha value is -3.42. The zero-order valence-electron chi connectivity index (χ0n) is 16.2. The highest BCUT2D eigenvalue weighted by atomic mass is 32.2. The van der Waals surface area contributed by atoms with E-state index >= 15 is 0 Å². The number of amides is 2. The van der Waals surface area contributed by atoms with Crippen LogP contribution in [0.25, 0.3) is 0 Å². The molecule has 0 atom stereocenters. The number of nitrogens with one attached hydrogen (secondary N) is 2. The lowest BCUT2D eigenvalue weighted by atomic mass is 10.3. The van der Waals surface area contributed by atoms with Crippen molar-refractivity contribution in [3.8, 4) is 5.75 Å². The fourth-order valence-electron chi connectivity index (χ4n) is 2.40. The van der Waals surface area contributed by atoms with Crippen LogP contribution in [-0.2, 0) is 4.79 Å². The number of thiazole rings is 1. The third-order valence-electron chi connectivity index (χ3n) is 3.73. The summed E-state index contributed by atoms with van der Waals surface area (Å²) in [6.45, 7) is -0.193. The normalized spacial score (nSPS) is 10.6. The molecule has 4 aromatic rings. The maximum Gasteiger partial charge on any atom is 0.277 e. The smallest absolute Gasteiger partial charge is 0.277 e. The van der Waals surface area contributed by atoms with Gasteiger partial charge in [-0.3, -0.25) is 20.0 Å². The molecule has 0 bridgehead atoms. The first-order valence-electron chi connectivity index (χ1n) is 9.01. The van der Waals surface area contributed by atoms with Crippen molar-refractivity contribution in [1.82, 2.24) is 25.1 Å². The Morgan fingerprint density at radius 1 is 1.12 bits per heavy atom. The second-order valence-corrected chi connectivity index (χ2v) is 9.03. The first-order valence-corrected chi connectivity index (χ1v) is 11.5. The second-order valence-electron chi connectivity index (χ2n) is 6.01. The van der Waals surface area contributed by atoms with Gasteiger partial charge in [0.1, 0.15) is 22.8 Å². The van der Waals surface area contributed by atoms with Crippen LogP contribution in [-0.4, -0.2) is 43.6 Å². The summed E-state index contributed by atoms with van der Waals surface area (Å²) in [5, 5.41) is 12.8. The number of anilines is 1. The second kappa shape index (κ2) is 10.3. The number of benzene rings is 1. The number of ether oxygens (including phenoxy) is 1. The zero-order chi connectivity index (χ0) is 22.3. The number of aromatic nitrogens is 5. The predicted octanol–water partition coefficient (Wildman–Crippen LogP) is 3.08. The lowest BCUT2D eigenvalue weighted by molar-refractivity contribution is -0.119. The number of hydrogen-bond donors (Lipinski definition) is 3. The maximum atomic E-state index is 13.0. The van der Waals surface area contributed by atoms with Crippen molar-refractivity contribution in [2.75, 3.05) is 11.9 Å². The van der Waals surface area contributed by atoms with Crippen LogP contribution in [0.3, 0.4) is 0 Å². The summed E-state index contributed by atoms with van der Waals surface area (Å²) in [7, 11) is 0. The van der Waals surface area contributed by atoms with Gasteiger partial charge in [0, 0.05) is 21.4 Å². The van der Waals surface area contributed by atoms with E-state index in [0.717, 1.165) is 4.90 Å². The van der Waals surface area contributed by atoms with Crippen molar-refractivity contribution in [1.29, 1.82) is 0 Å². The molecule has 3 heterocycles. The molecular weight excluding hydrogens is 470 g/mol. The van der Waals surface area contributed by atoms with Crippen LogP contribution in [0.2, 0.25) is 0 Å². The molecule has 32 heavy (non-hydrogen) atoms. The van der Waals surface area contributed by atoms with Crippen LogP contribution in [0.4, 0.5) is 5.13 Å². The third-order valence-corrected chi connectivity index (χ3v) is 6.30. The van der Waals surface area contributed by atoms with Crippen LogP contribution >= 0.6 is 34.9 Å². The average Bonchev–Trinajstić information content (AvgIpc) is 3.48. The van der Waals surface area contributed by atoms with Gasteiger partial charge in [0.2, 0.25) is 0 Å². The predicted molar refractivity (Wildman–Crippen MR) is 120 cm³/mol. The molecule has 162 valence electrons. The molecule has 0 saturated carbocycles. The first-order chi connectivity index (χ1) is 15.6. The Morgan fingerprint density at radius 2 is 1.97 bits per heavy atom. The van der Waals surface area contributed by atoms with Gasteiger partial charge < -0.3 is 10.5 Å². The van der Waals surface area contributed by atoms with Crippen LogP contribution in [0, 0.1) is 0 Å². The molecule has 0 spiro atoms. The molecule has 1 aromatic carbocycles. The number of aromatic amines is 1. The average molecular weight is 486 g/mol. The number of carbonyl (C=O) groups excluding carboxylic acids is 2. The van der Waals surface area contributed by atoms with Gasteiger partial charge in [-0.2, -0.15) is 5.10 Å². The van der Waals surface area contributed by atoms with Crippen molar-refractivity contribution < 1.29 is 14.3 Å². The number of nitrogens with two attached hydrogens (primary N) is 1. The largest absolute Gasteiger partial charge is 0.484 e. The molecule has 0 aliphatic rings. The molecule has 0 radical (unpaired) electrons. The molecule has 3 aromatic heterocycles. The molecule has 2 amide bonds. The van der Waals surface area contributed by atoms with Crippen molar-refractivity contribution >= 4 is 51.8 Å². The summed E-state index contributed by atoms with van der Waals surface area (Å²) >= 11 is 3.95. The number of nitrogens with zero attached hydrogens (tertiary/aromatic N) is 4. The number of rotatable bonds is 9. The van der Waals surface area contributed by atoms with Crippen LogP contribution in [0.1, 0.15) is 10.5 Å². The molecule has 0 aliphatic carbocycles. The molecule has 0 fully saturated rings. The molecule has 4 rings (SSSR count). The lowest BCUT2D eigenvalue weighted by Crippen LogP contribution is -2.19. The molecule has 13 heteroatoms. The van der Waals surface area contributed by atoms with E-state index in [1.165, 1.54) is 41.2 Å². The highest BCUT2D eigenvalue weighted by Crippen LogP contribution is 2.33. The summed E-state index contributed by atoms with van der Waals surface area (Å²) in [5.41, 5.74) is 5.35. The van der Waals surface area contributed by atoms with E-state index in [2.05, 4.69) is 30.5 Å². The molecular formula is C19H15N7O3S3. The van der Waals surface area contributed by atoms with Gasteiger partial charge in [0.05, 0.1) is 0 Å². The van der Waals surface area contributed by atoms with Crippen molar-refractivity contribution in [2.45, 2.75) is 20.0 Å². The monoisotopic (exact) mass is 485 g/mol. The molecule has 10 nitrogen and oxygen atoms in total. The first kappa shape index (κ1) is 21.8. The molecule has 0 saturated heterocycles. The molecule has 0 aliphatic heterocycles. The quantitative estimate of drug-likeness (QED) is 0.325. The fraction of sp³-hybridized carbons (Fsp3) is 0.0526. The van der Waals surface area contributed by atoms with Gasteiger partial charge in [0.25, 0.3) is 11.8 Å². The highest BCUT2D eigenvalue weighted by Gasteiger charge is 2.18. The molecule has 0 unspecified atom stereocenters. The van der Waals surface area contributed by atoms with E-state index < -0.39 is 5.91 Å². The fourth-order valence-corrected chi connectivity index (χ4v) is 4.49. The standard InChI is InChI=1S/C19H15N7O3S3/c20-14(27)9-29-11-1-3-12(4-2-11)31-13-5-6-15(32-19-22-10-23-26-19)24-16(13)17(28)25-18-21-7-8-30-18/h1-8,10H,9H2,(H2,20,27)(H,21,25,28)(H,22,23,26). The minimum Gasteiger partial charge on any atom is -0.484 e. The minimum absolute atomic E-state index is 0.193. The van der Waals surface area contributed by atoms with Gasteiger partial charge in [0.15, 0.2) is 16.9 Å².